The number of allylic oxidation sites excluding steroid dienone is 1. The maximum absolute atomic E-state index is 14.8. The lowest BCUT2D eigenvalue weighted by Gasteiger charge is -2.37. The third kappa shape index (κ3) is 5.24. The zero-order chi connectivity index (χ0) is 22.5. The van der Waals surface area contributed by atoms with Gasteiger partial charge in [0.25, 0.3) is 0 Å². The van der Waals surface area contributed by atoms with E-state index >= 15 is 0 Å². The van der Waals surface area contributed by atoms with Crippen LogP contribution in [0.5, 0.6) is 5.75 Å². The van der Waals surface area contributed by atoms with Crippen LogP contribution in [0.1, 0.15) is 63.4 Å². The smallest absolute Gasteiger partial charge is 0.167 e. The van der Waals surface area contributed by atoms with Crippen LogP contribution in [0.3, 0.4) is 0 Å². The number of rotatable bonds is 8. The van der Waals surface area contributed by atoms with Gasteiger partial charge in [0.2, 0.25) is 0 Å². The van der Waals surface area contributed by atoms with Crippen LogP contribution in [0.2, 0.25) is 0 Å². The Morgan fingerprint density at radius 2 is 1.56 bits per heavy atom. The number of halogens is 2. The molecule has 3 heteroatoms. The molecule has 0 radical (unpaired) electrons. The summed E-state index contributed by atoms with van der Waals surface area (Å²) in [5, 5.41) is 1.00. The van der Waals surface area contributed by atoms with Crippen LogP contribution in [0, 0.1) is 35.3 Å². The van der Waals surface area contributed by atoms with Crippen LogP contribution in [0.4, 0.5) is 8.78 Å². The molecule has 0 N–H and O–H groups in total. The lowest BCUT2D eigenvalue weighted by molar-refractivity contribution is 0.152. The van der Waals surface area contributed by atoms with Crippen LogP contribution in [-0.4, -0.2) is 6.61 Å². The number of ether oxygens (including phenoxy) is 1. The van der Waals surface area contributed by atoms with Crippen LogP contribution >= 0.6 is 0 Å². The van der Waals surface area contributed by atoms with Gasteiger partial charge in [-0.15, -0.1) is 6.58 Å². The van der Waals surface area contributed by atoms with Crippen LogP contribution < -0.4 is 4.74 Å². The first kappa shape index (κ1) is 23.0. The van der Waals surface area contributed by atoms with Crippen LogP contribution in [0.15, 0.2) is 49.6 Å². The van der Waals surface area contributed by atoms with Crippen molar-refractivity contribution in [1.82, 2.24) is 0 Å². The predicted octanol–water partition coefficient (Wildman–Crippen LogP) is 8.41. The van der Waals surface area contributed by atoms with Gasteiger partial charge in [-0.3, -0.25) is 0 Å². The fourth-order valence-electron chi connectivity index (χ4n) is 5.95. The summed E-state index contributed by atoms with van der Waals surface area (Å²) >= 11 is 0. The zero-order valence-electron chi connectivity index (χ0n) is 19.1. The molecule has 1 nitrogen and oxygen atoms in total. The van der Waals surface area contributed by atoms with Gasteiger partial charge < -0.3 is 4.74 Å². The molecular weight excluding hydrogens is 402 g/mol. The van der Waals surface area contributed by atoms with Crippen molar-refractivity contribution in [2.24, 2.45) is 23.7 Å². The topological polar surface area (TPSA) is 9.23 Å². The molecule has 0 aliphatic heterocycles. The Balaban J connectivity index is 1.33. The van der Waals surface area contributed by atoms with Crippen molar-refractivity contribution in [2.45, 2.75) is 64.2 Å². The van der Waals surface area contributed by atoms with Crippen molar-refractivity contribution in [3.8, 4) is 5.75 Å². The highest BCUT2D eigenvalue weighted by Crippen LogP contribution is 2.42. The highest BCUT2D eigenvalue weighted by molar-refractivity contribution is 5.85. The van der Waals surface area contributed by atoms with Gasteiger partial charge in [-0.2, -0.15) is 0 Å². The first-order valence-electron chi connectivity index (χ1n) is 12.4. The first-order chi connectivity index (χ1) is 15.6. The second kappa shape index (κ2) is 10.6. The molecule has 0 unspecified atom stereocenters. The van der Waals surface area contributed by atoms with E-state index in [9.17, 15) is 8.78 Å². The monoisotopic (exact) mass is 438 g/mol. The lowest BCUT2D eigenvalue weighted by atomic mass is 9.68. The standard InChI is InChI=1S/C29H36F2O/c1-3-17-32-26-16-15-24-18-25(28(30)29(31)27(24)19-26)14-9-21-7-12-23(13-8-21)22-10-5-20(4-2)6-11-22/h3-4,15-16,18-23H,1-2,5-14,17H2. The Labute approximate surface area is 191 Å². The van der Waals surface area contributed by atoms with E-state index in [2.05, 4.69) is 19.2 Å². The fraction of sp³-hybridized carbons (Fsp3) is 0.517. The Bertz CT molecular complexity index is 934. The van der Waals surface area contributed by atoms with E-state index in [1.807, 2.05) is 12.1 Å². The molecule has 2 saturated carbocycles. The average molecular weight is 439 g/mol. The third-order valence-corrected chi connectivity index (χ3v) is 7.96. The van der Waals surface area contributed by atoms with Crippen molar-refractivity contribution in [1.29, 1.82) is 0 Å². The Kier molecular flexibility index (Phi) is 7.65. The molecule has 0 saturated heterocycles. The second-order valence-electron chi connectivity index (χ2n) is 9.88. The molecule has 2 aliphatic carbocycles. The molecule has 172 valence electrons. The Hall–Kier alpha value is -2.16. The molecule has 2 fully saturated rings. The van der Waals surface area contributed by atoms with Gasteiger partial charge in [-0.05, 0) is 104 Å². The minimum Gasteiger partial charge on any atom is -0.490 e. The summed E-state index contributed by atoms with van der Waals surface area (Å²) in [7, 11) is 0. The summed E-state index contributed by atoms with van der Waals surface area (Å²) in [6.07, 6.45) is 15.7. The fourth-order valence-corrected chi connectivity index (χ4v) is 5.95. The van der Waals surface area contributed by atoms with Gasteiger partial charge in [-0.25, -0.2) is 8.78 Å². The maximum atomic E-state index is 14.8. The van der Waals surface area contributed by atoms with E-state index in [1.54, 1.807) is 18.2 Å². The third-order valence-electron chi connectivity index (χ3n) is 7.96. The van der Waals surface area contributed by atoms with E-state index < -0.39 is 11.6 Å². The van der Waals surface area contributed by atoms with Crippen LogP contribution in [0.25, 0.3) is 10.8 Å². The number of hydrogen-bond donors (Lipinski definition) is 0. The van der Waals surface area contributed by atoms with Gasteiger partial charge in [0.05, 0.1) is 0 Å². The number of benzene rings is 2. The van der Waals surface area contributed by atoms with Gasteiger partial charge in [-0.1, -0.05) is 37.6 Å². The summed E-state index contributed by atoms with van der Waals surface area (Å²) in [6.45, 7) is 7.91. The van der Waals surface area contributed by atoms with Crippen molar-refractivity contribution >= 4 is 10.8 Å². The first-order valence-corrected chi connectivity index (χ1v) is 12.4. The number of hydrogen-bond acceptors (Lipinski definition) is 1. The van der Waals surface area contributed by atoms with Gasteiger partial charge in [0, 0.05) is 5.39 Å². The van der Waals surface area contributed by atoms with Crippen molar-refractivity contribution in [2.75, 3.05) is 6.61 Å². The van der Waals surface area contributed by atoms with Gasteiger partial charge >= 0.3 is 0 Å². The Morgan fingerprint density at radius 1 is 0.875 bits per heavy atom. The molecule has 0 atom stereocenters. The second-order valence-corrected chi connectivity index (χ2v) is 9.88. The van der Waals surface area contributed by atoms with Crippen molar-refractivity contribution in [3.05, 3.63) is 66.8 Å². The molecule has 4 rings (SSSR count). The molecule has 2 aromatic rings. The highest BCUT2D eigenvalue weighted by atomic mass is 19.2. The van der Waals surface area contributed by atoms with Crippen molar-refractivity contribution < 1.29 is 13.5 Å². The van der Waals surface area contributed by atoms with Crippen molar-refractivity contribution in [3.63, 3.8) is 0 Å². The average Bonchev–Trinajstić information content (AvgIpc) is 2.84. The van der Waals surface area contributed by atoms with E-state index in [-0.39, 0.29) is 5.39 Å². The summed E-state index contributed by atoms with van der Waals surface area (Å²) < 4.78 is 35.0. The minimum absolute atomic E-state index is 0.277. The summed E-state index contributed by atoms with van der Waals surface area (Å²) in [5.74, 6) is 2.17. The molecule has 0 heterocycles. The number of fused-ring (bicyclic) bond motifs is 1. The summed E-state index contributed by atoms with van der Waals surface area (Å²) in [4.78, 5) is 0. The van der Waals surface area contributed by atoms with E-state index in [0.717, 1.165) is 29.6 Å². The maximum Gasteiger partial charge on any atom is 0.167 e. The molecular formula is C29H36F2O. The molecule has 0 amide bonds. The lowest BCUT2D eigenvalue weighted by Crippen LogP contribution is -2.25. The van der Waals surface area contributed by atoms with Gasteiger partial charge in [0.15, 0.2) is 11.6 Å². The largest absolute Gasteiger partial charge is 0.490 e. The highest BCUT2D eigenvalue weighted by Gasteiger charge is 2.30. The number of aryl methyl sites for hydroxylation is 1. The predicted molar refractivity (Wildman–Crippen MR) is 129 cm³/mol. The summed E-state index contributed by atoms with van der Waals surface area (Å²) in [6, 6.07) is 7.00. The van der Waals surface area contributed by atoms with Crippen LogP contribution in [-0.2, 0) is 6.42 Å². The van der Waals surface area contributed by atoms with E-state index in [4.69, 9.17) is 4.74 Å². The molecule has 2 aromatic carbocycles. The SMILES string of the molecule is C=CCOc1ccc2cc(CCC3CCC(C4CCC(C=C)CC4)CC3)c(F)c(F)c2c1. The zero-order valence-corrected chi connectivity index (χ0v) is 19.1. The van der Waals surface area contributed by atoms with E-state index in [0.29, 0.717) is 30.3 Å². The normalized spacial score (nSPS) is 26.1. The van der Waals surface area contributed by atoms with E-state index in [1.165, 1.54) is 51.4 Å². The molecule has 32 heavy (non-hydrogen) atoms. The minimum atomic E-state index is -0.764. The summed E-state index contributed by atoms with van der Waals surface area (Å²) in [5.41, 5.74) is 0.500. The Morgan fingerprint density at radius 3 is 2.22 bits per heavy atom. The molecule has 2 aliphatic rings. The molecule has 0 bridgehead atoms. The quantitative estimate of drug-likeness (QED) is 0.376. The molecule has 0 spiro atoms. The van der Waals surface area contributed by atoms with Gasteiger partial charge in [0.1, 0.15) is 12.4 Å². The molecule has 0 aromatic heterocycles.